The molecule has 2 aliphatic heterocycles. The lowest BCUT2D eigenvalue weighted by atomic mass is 9.95. The van der Waals surface area contributed by atoms with Crippen LogP contribution in [0.1, 0.15) is 33.6 Å². The molecule has 3 atom stereocenters. The first-order valence-corrected chi connectivity index (χ1v) is 21.0. The van der Waals surface area contributed by atoms with E-state index in [0.717, 1.165) is 5.57 Å². The lowest BCUT2D eigenvalue weighted by Crippen LogP contribution is -2.09. The summed E-state index contributed by atoms with van der Waals surface area (Å²) in [7, 11) is 6.29. The first kappa shape index (κ1) is 38.9. The van der Waals surface area contributed by atoms with Gasteiger partial charge in [-0.25, -0.2) is 0 Å². The van der Waals surface area contributed by atoms with Crippen LogP contribution in [0.5, 0.6) is 0 Å². The molecule has 0 radical (unpaired) electrons. The first-order chi connectivity index (χ1) is 18.8. The van der Waals surface area contributed by atoms with E-state index in [4.69, 9.17) is 18.9 Å². The lowest BCUT2D eigenvalue weighted by Gasteiger charge is -2.11. The van der Waals surface area contributed by atoms with Crippen LogP contribution in [-0.4, -0.2) is 50.6 Å². The van der Waals surface area contributed by atoms with Crippen LogP contribution in [0.25, 0.3) is 0 Å². The maximum absolute atomic E-state index is 11.7. The second-order valence-corrected chi connectivity index (χ2v) is 16.8. The van der Waals surface area contributed by atoms with Crippen molar-refractivity contribution in [1.82, 2.24) is 0 Å². The Morgan fingerprint density at radius 1 is 1.05 bits per heavy atom. The zero-order valence-corrected chi connectivity index (χ0v) is 29.1. The Hall–Kier alpha value is -0.0600. The van der Waals surface area contributed by atoms with Crippen molar-refractivity contribution in [3.05, 3.63) is 36.5 Å². The molecule has 0 unspecified atom stereocenters. The standard InChI is InChI=1S/2C12H16O3.S5.S4/c1-3-9-8(2)6-11(13)10(9)7-12-14-4-5-15-12;1-3-4-10(2)9-11(13)5-6-12-14-7-8-15-12;1-3-5-4-2;1-3-4-2/h3,7-9,12H,1,4-6H2,2H3;3-4,10,12H,7-9H2,1-2H3;;/b10-7-;4-3+;;/t8-,9+;10-;;/m10../s1. The second kappa shape index (κ2) is 25.6. The molecular weight excluding hydrogens is 673 g/mol. The minimum atomic E-state index is -0.508. The molecule has 1 aliphatic carbocycles. The van der Waals surface area contributed by atoms with E-state index in [0.29, 0.717) is 45.2 Å². The van der Waals surface area contributed by atoms with Crippen molar-refractivity contribution in [3.8, 4) is 11.8 Å². The molecule has 1 saturated carbocycles. The van der Waals surface area contributed by atoms with Crippen molar-refractivity contribution in [1.29, 1.82) is 0 Å². The van der Waals surface area contributed by atoms with E-state index in [1.54, 1.807) is 0 Å². The monoisotopic (exact) mass is 704 g/mol. The van der Waals surface area contributed by atoms with Gasteiger partial charge in [0.05, 0.1) is 26.4 Å². The second-order valence-electron chi connectivity index (χ2n) is 7.91. The Morgan fingerprint density at radius 2 is 1.62 bits per heavy atom. The number of ketones is 2. The molecule has 39 heavy (non-hydrogen) atoms. The largest absolute Gasteiger partial charge is 0.347 e. The van der Waals surface area contributed by atoms with E-state index in [9.17, 15) is 9.59 Å². The van der Waals surface area contributed by atoms with Crippen molar-refractivity contribution in [2.75, 3.05) is 26.4 Å². The van der Waals surface area contributed by atoms with E-state index < -0.39 is 6.29 Å². The fourth-order valence-corrected chi connectivity index (χ4v) is 6.29. The number of Topliss-reactive ketones (excluding diaryl/α,β-unsaturated/α-hetero) is 2. The minimum Gasteiger partial charge on any atom is -0.347 e. The van der Waals surface area contributed by atoms with E-state index in [-0.39, 0.29) is 29.7 Å². The van der Waals surface area contributed by atoms with Gasteiger partial charge in [0.1, 0.15) is 0 Å². The van der Waals surface area contributed by atoms with Crippen molar-refractivity contribution >= 4 is 101 Å². The summed E-state index contributed by atoms with van der Waals surface area (Å²) < 4.78 is 20.8. The number of rotatable bonds is 5. The molecule has 0 spiro atoms. The van der Waals surface area contributed by atoms with Gasteiger partial charge in [0.25, 0.3) is 0 Å². The van der Waals surface area contributed by atoms with Gasteiger partial charge < -0.3 is 18.9 Å². The van der Waals surface area contributed by atoms with Gasteiger partial charge in [-0.1, -0.05) is 32.1 Å². The molecule has 3 rings (SSSR count). The van der Waals surface area contributed by atoms with Crippen LogP contribution in [0.4, 0.5) is 0 Å². The van der Waals surface area contributed by atoms with E-state index >= 15 is 0 Å². The number of carbonyl (C=O) groups is 2. The number of ether oxygens (including phenoxy) is 4. The highest BCUT2D eigenvalue weighted by Gasteiger charge is 2.33. The molecule has 0 aromatic rings. The summed E-state index contributed by atoms with van der Waals surface area (Å²) in [5.74, 6) is 6.08. The van der Waals surface area contributed by atoms with Gasteiger partial charge in [-0.05, 0) is 36.7 Å². The van der Waals surface area contributed by atoms with E-state index in [2.05, 4.69) is 70.1 Å². The molecule has 15 heteroatoms. The van der Waals surface area contributed by atoms with Crippen molar-refractivity contribution in [3.63, 3.8) is 0 Å². The van der Waals surface area contributed by atoms with Gasteiger partial charge in [-0.15, -0.1) is 6.58 Å². The smallest absolute Gasteiger partial charge is 0.223 e. The molecule has 2 saturated heterocycles. The molecule has 3 fully saturated rings. The molecule has 3 aliphatic rings. The maximum atomic E-state index is 11.7. The minimum absolute atomic E-state index is 0.0697. The summed E-state index contributed by atoms with van der Waals surface area (Å²) in [5.41, 5.74) is 0.810. The molecule has 218 valence electrons. The van der Waals surface area contributed by atoms with Gasteiger partial charge in [-0.2, -0.15) is 0 Å². The average Bonchev–Trinajstić information content (AvgIpc) is 3.68. The van der Waals surface area contributed by atoms with Gasteiger partial charge in [0.15, 0.2) is 12.1 Å². The third kappa shape index (κ3) is 18.9. The molecule has 0 aromatic carbocycles. The van der Waals surface area contributed by atoms with E-state index in [1.165, 1.54) is 44.4 Å². The quantitative estimate of drug-likeness (QED) is 0.185. The molecule has 0 N–H and O–H groups in total. The Labute approximate surface area is 265 Å². The molecule has 2 heterocycles. The number of hydrogen-bond acceptors (Lipinski definition) is 10. The third-order valence-electron chi connectivity index (χ3n) is 5.08. The predicted octanol–water partition coefficient (Wildman–Crippen LogP) is 3.21. The van der Waals surface area contributed by atoms with Crippen molar-refractivity contribution in [2.45, 2.75) is 46.2 Å². The van der Waals surface area contributed by atoms with Crippen LogP contribution in [-0.2, 0) is 118 Å². The molecule has 0 bridgehead atoms. The Kier molecular flexibility index (Phi) is 25.6. The third-order valence-corrected chi connectivity index (χ3v) is 11.7. The van der Waals surface area contributed by atoms with Gasteiger partial charge in [0, 0.05) is 113 Å². The molecule has 6 nitrogen and oxygen atoms in total. The SMILES string of the molecule is C/C=C/[C@H](C)CC(=O)C#CC1OCCO1.C=C[C@@H]1/C(=C/C2OCCO2)C(=O)C[C@H]1C.S=S=S=S.S=S=S=S=S. The van der Waals surface area contributed by atoms with E-state index in [1.807, 2.05) is 38.2 Å². The van der Waals surface area contributed by atoms with Crippen LogP contribution < -0.4 is 0 Å². The molecular formula is C24H32O6S9. The summed E-state index contributed by atoms with van der Waals surface area (Å²) in [4.78, 5) is 23.1. The summed E-state index contributed by atoms with van der Waals surface area (Å²) in [6.07, 6.45) is 7.79. The normalized spacial score (nSPS) is 22.0. The summed E-state index contributed by atoms with van der Waals surface area (Å²) in [6, 6.07) is 0. The Balaban J connectivity index is 0.000000568. The summed E-state index contributed by atoms with van der Waals surface area (Å²) >= 11 is 17.5. The number of carbonyl (C=O) groups excluding carboxylic acids is 2. The maximum Gasteiger partial charge on any atom is 0.223 e. The van der Waals surface area contributed by atoms with Crippen LogP contribution >= 0.6 is 0 Å². The fourth-order valence-electron chi connectivity index (χ4n) is 3.55. The first-order valence-electron chi connectivity index (χ1n) is 11.6. The van der Waals surface area contributed by atoms with Crippen LogP contribution in [0.15, 0.2) is 36.5 Å². The van der Waals surface area contributed by atoms with Crippen LogP contribution in [0.3, 0.4) is 0 Å². The zero-order chi connectivity index (χ0) is 29.5. The molecule has 0 amide bonds. The number of allylic oxidation sites excluding steroid dienone is 4. The highest BCUT2D eigenvalue weighted by Crippen LogP contribution is 2.35. The van der Waals surface area contributed by atoms with Gasteiger partial charge in [-0.3, -0.25) is 9.59 Å². The summed E-state index contributed by atoms with van der Waals surface area (Å²) in [6.45, 7) is 12.1. The highest BCUT2D eigenvalue weighted by atomic mass is 33.3. The van der Waals surface area contributed by atoms with Crippen molar-refractivity contribution in [2.24, 2.45) is 17.8 Å². The Morgan fingerprint density at radius 3 is 2.08 bits per heavy atom. The summed E-state index contributed by atoms with van der Waals surface area (Å²) in [5, 5.41) is 0. The predicted molar refractivity (Wildman–Crippen MR) is 180 cm³/mol. The van der Waals surface area contributed by atoms with Crippen LogP contribution in [0.2, 0.25) is 0 Å². The fraction of sp³-hybridized carbons (Fsp3) is 0.583. The van der Waals surface area contributed by atoms with Crippen LogP contribution in [0, 0.1) is 29.6 Å². The van der Waals surface area contributed by atoms with Gasteiger partial charge in [0.2, 0.25) is 12.1 Å². The average molecular weight is 705 g/mol. The van der Waals surface area contributed by atoms with Crippen molar-refractivity contribution < 1.29 is 28.5 Å². The number of hydrogen-bond donors (Lipinski definition) is 0. The topological polar surface area (TPSA) is 71.1 Å². The molecule has 0 aromatic heterocycles. The Bertz CT molecular complexity index is 1100. The highest BCUT2D eigenvalue weighted by molar-refractivity contribution is 8.59. The van der Waals surface area contributed by atoms with Gasteiger partial charge >= 0.3 is 0 Å². The zero-order valence-electron chi connectivity index (χ0n) is 21.8. The lowest BCUT2D eigenvalue weighted by molar-refractivity contribution is -0.115.